The zero-order valence-electron chi connectivity index (χ0n) is 46.9. The number of carbonyl (C=O) groups excluding carboxylic acids is 8. The number of cyclic esters (lactones) is 1. The molecule has 10 rings (SSSR count). The summed E-state index contributed by atoms with van der Waals surface area (Å²) in [6.07, 6.45) is -0.952. The number of esters is 1. The Balaban J connectivity index is 0.689. The van der Waals surface area contributed by atoms with Crippen molar-refractivity contribution in [2.24, 2.45) is 0 Å². The van der Waals surface area contributed by atoms with E-state index in [2.05, 4.69) is 37.2 Å². The molecular formula is C62H62FN9O14. The van der Waals surface area contributed by atoms with Gasteiger partial charge in [0.2, 0.25) is 35.4 Å². The van der Waals surface area contributed by atoms with E-state index in [1.54, 1.807) is 50.2 Å². The number of ether oxygens (including phenoxy) is 2. The molecule has 23 nitrogen and oxygen atoms in total. The maximum atomic E-state index is 15.4. The van der Waals surface area contributed by atoms with Gasteiger partial charge >= 0.3 is 18.0 Å². The minimum Gasteiger partial charge on any atom is -0.481 e. The van der Waals surface area contributed by atoms with Crippen LogP contribution >= 0.6 is 0 Å². The number of carboxylic acids is 1. The fourth-order valence-corrected chi connectivity index (χ4v) is 11.8. The van der Waals surface area contributed by atoms with Crippen molar-refractivity contribution in [3.05, 3.63) is 157 Å². The Kier molecular flexibility index (Phi) is 17.4. The number of nitrogens with zero attached hydrogens (tertiary/aromatic N) is 2. The monoisotopic (exact) mass is 1180 g/mol. The number of aliphatic hydroxyl groups is 1. The summed E-state index contributed by atoms with van der Waals surface area (Å²) in [5.41, 5.74) is 5.82. The molecule has 9 N–H and O–H groups in total. The molecule has 4 aromatic carbocycles. The third-order valence-corrected chi connectivity index (χ3v) is 16.2. The summed E-state index contributed by atoms with van der Waals surface area (Å²) >= 11 is 0. The van der Waals surface area contributed by atoms with Crippen LogP contribution < -0.4 is 42.8 Å². The maximum absolute atomic E-state index is 15.4. The van der Waals surface area contributed by atoms with Crippen LogP contribution in [-0.4, -0.2) is 118 Å². The van der Waals surface area contributed by atoms with E-state index in [4.69, 9.17) is 14.5 Å². The van der Waals surface area contributed by atoms with Gasteiger partial charge in [-0.2, -0.15) is 0 Å². The number of benzene rings is 4. The van der Waals surface area contributed by atoms with Crippen molar-refractivity contribution in [2.75, 3.05) is 32.8 Å². The van der Waals surface area contributed by atoms with Crippen LogP contribution in [0.2, 0.25) is 0 Å². The molecule has 0 fully saturated rings. The van der Waals surface area contributed by atoms with Crippen LogP contribution in [0.1, 0.15) is 101 Å². The minimum atomic E-state index is -2.05. The summed E-state index contributed by atoms with van der Waals surface area (Å²) in [4.78, 5) is 136. The van der Waals surface area contributed by atoms with E-state index in [0.717, 1.165) is 27.8 Å². The van der Waals surface area contributed by atoms with Gasteiger partial charge in [-0.3, -0.25) is 38.4 Å². The van der Waals surface area contributed by atoms with Crippen molar-refractivity contribution < 1.29 is 67.2 Å². The van der Waals surface area contributed by atoms with Gasteiger partial charge in [0.05, 0.1) is 61.1 Å². The Bertz CT molecular complexity index is 3790. The second kappa shape index (κ2) is 25.2. The number of halogens is 1. The van der Waals surface area contributed by atoms with Crippen LogP contribution in [0.15, 0.2) is 95.8 Å². The standard InChI is InChI=1S/C62H62FN9O14/c1-3-62(84)42-23-48-56-39(29-72(48)59(81)41(42)31-85-60(62)82)55-44(20-19-34-32(2)43(63)24-45(70-56)54(34)55)68-49(73)18-11-21-64-50(74)26-66-57(79)46(22-33-12-5-4-6-13-33)69-52(76)28-65-51(75)27-67-58(80)47(25-53(77)78)71-61(83)86-30-40-37-16-9-7-14-35(37)36-15-8-10-17-38(36)40/h4-10,12-17,23-24,40,44,46-47,84H,3,11,18-22,25-31H2,1-2H3,(H,64,74)(H,65,75)(H,66,79)(H,67,80)(H,68,73)(H,69,76)(H,71,83)(H,77,78)/t44-,46-,47-,62-/m0/s1. The van der Waals surface area contributed by atoms with E-state index in [1.165, 1.54) is 10.6 Å². The van der Waals surface area contributed by atoms with Gasteiger partial charge in [-0.05, 0) is 83.2 Å². The van der Waals surface area contributed by atoms with Crippen LogP contribution in [0.5, 0.6) is 0 Å². The molecule has 0 radical (unpaired) electrons. The molecule has 6 aromatic rings. The van der Waals surface area contributed by atoms with E-state index >= 15 is 4.39 Å². The second-order valence-electron chi connectivity index (χ2n) is 21.6. The lowest BCUT2D eigenvalue weighted by Gasteiger charge is -2.31. The largest absolute Gasteiger partial charge is 0.481 e. The Hall–Kier alpha value is -9.84. The first kappa shape index (κ1) is 59.3. The molecule has 2 aliphatic heterocycles. The number of carboxylic acid groups (broad SMARTS) is 1. The fourth-order valence-electron chi connectivity index (χ4n) is 11.8. The van der Waals surface area contributed by atoms with E-state index in [-0.39, 0.29) is 74.9 Å². The van der Waals surface area contributed by atoms with Crippen LogP contribution in [0, 0.1) is 12.7 Å². The van der Waals surface area contributed by atoms with Crippen LogP contribution in [0.3, 0.4) is 0 Å². The van der Waals surface area contributed by atoms with Gasteiger partial charge in [-0.25, -0.2) is 19.0 Å². The van der Waals surface area contributed by atoms with Crippen molar-refractivity contribution in [3.8, 4) is 22.5 Å². The molecule has 2 aromatic heterocycles. The number of aromatic nitrogens is 2. The van der Waals surface area contributed by atoms with Crippen molar-refractivity contribution in [2.45, 2.75) is 102 Å². The Morgan fingerprint density at radius 1 is 0.791 bits per heavy atom. The average molecular weight is 1180 g/mol. The highest BCUT2D eigenvalue weighted by Gasteiger charge is 2.46. The molecule has 4 aliphatic rings. The number of alkyl carbamates (subject to hydrolysis) is 1. The van der Waals surface area contributed by atoms with Crippen molar-refractivity contribution in [1.29, 1.82) is 0 Å². The number of pyridine rings is 2. The molecule has 86 heavy (non-hydrogen) atoms. The van der Waals surface area contributed by atoms with Gasteiger partial charge in [-0.15, -0.1) is 0 Å². The van der Waals surface area contributed by atoms with Gasteiger partial charge in [0.1, 0.15) is 31.1 Å². The number of amides is 7. The number of carbonyl (C=O) groups is 9. The Morgan fingerprint density at radius 3 is 2.13 bits per heavy atom. The molecule has 0 saturated carbocycles. The predicted molar refractivity (Wildman–Crippen MR) is 306 cm³/mol. The van der Waals surface area contributed by atoms with Gasteiger partial charge in [0.25, 0.3) is 5.56 Å². The molecule has 0 spiro atoms. The van der Waals surface area contributed by atoms with E-state index in [9.17, 15) is 58.2 Å². The normalized spacial score (nSPS) is 16.6. The topological polar surface area (TPSA) is 332 Å². The highest BCUT2D eigenvalue weighted by molar-refractivity contribution is 5.96. The van der Waals surface area contributed by atoms with Gasteiger partial charge in [0, 0.05) is 47.9 Å². The number of aliphatic carboxylic acids is 1. The molecule has 24 heteroatoms. The molecule has 2 aliphatic carbocycles. The molecular weight excluding hydrogens is 1110 g/mol. The first-order chi connectivity index (χ1) is 41.3. The highest BCUT2D eigenvalue weighted by Crippen LogP contribution is 2.47. The number of nitrogens with one attached hydrogen (secondary N) is 7. The average Bonchev–Trinajstić information content (AvgIpc) is 1.46. The lowest BCUT2D eigenvalue weighted by Crippen LogP contribution is -2.53. The number of aryl methyl sites for hydroxylation is 1. The third-order valence-electron chi connectivity index (χ3n) is 16.2. The number of fused-ring (bicyclic) bond motifs is 8. The van der Waals surface area contributed by atoms with Crippen molar-refractivity contribution in [3.63, 3.8) is 0 Å². The van der Waals surface area contributed by atoms with Crippen molar-refractivity contribution in [1.82, 2.24) is 46.8 Å². The summed E-state index contributed by atoms with van der Waals surface area (Å²) < 4.78 is 27.6. The smallest absolute Gasteiger partial charge is 0.407 e. The van der Waals surface area contributed by atoms with Crippen LogP contribution in [0.4, 0.5) is 9.18 Å². The highest BCUT2D eigenvalue weighted by atomic mass is 19.1. The number of hydrogen-bond acceptors (Lipinski definition) is 14. The Labute approximate surface area is 490 Å². The third kappa shape index (κ3) is 12.2. The molecule has 7 amide bonds. The molecule has 4 heterocycles. The van der Waals surface area contributed by atoms with Crippen LogP contribution in [0.25, 0.3) is 33.4 Å². The zero-order chi connectivity index (χ0) is 61.0. The summed E-state index contributed by atoms with van der Waals surface area (Å²) in [5.74, 6) is -7.40. The first-order valence-electron chi connectivity index (χ1n) is 28.2. The molecule has 0 bridgehead atoms. The number of hydrogen-bond donors (Lipinski definition) is 9. The Morgan fingerprint density at radius 2 is 1.44 bits per heavy atom. The molecule has 0 unspecified atom stereocenters. The fraction of sp³-hybridized carbons (Fsp3) is 0.339. The minimum absolute atomic E-state index is 0.00804. The molecule has 4 atom stereocenters. The predicted octanol–water partition coefficient (Wildman–Crippen LogP) is 2.99. The summed E-state index contributed by atoms with van der Waals surface area (Å²) in [6.45, 7) is 1.11. The zero-order valence-corrected chi connectivity index (χ0v) is 46.9. The lowest BCUT2D eigenvalue weighted by atomic mass is 9.81. The lowest BCUT2D eigenvalue weighted by molar-refractivity contribution is -0.172. The van der Waals surface area contributed by atoms with Gasteiger partial charge in [-0.1, -0.05) is 85.8 Å². The molecule has 446 valence electrons. The van der Waals surface area contributed by atoms with Crippen molar-refractivity contribution >= 4 is 64.4 Å². The number of rotatable bonds is 22. The SMILES string of the molecule is CC[C@@]1(O)C(=O)OCc2c1cc1n(c2=O)Cc2c-1nc1cc(F)c(C)c3c1c2[C@@H](NC(=O)CCCNC(=O)CNC(=O)[C@H](Cc1ccccc1)NC(=O)CNC(=O)CNC(=O)[C@H](CC(=O)O)NC(=O)OCC1c2ccccc2-c2ccccc21)CC3. The first-order valence-corrected chi connectivity index (χ1v) is 28.2. The van der Waals surface area contributed by atoms with Gasteiger partial charge in [0.15, 0.2) is 5.60 Å². The van der Waals surface area contributed by atoms with Gasteiger partial charge < -0.3 is 61.5 Å². The van der Waals surface area contributed by atoms with E-state index < -0.39 is 109 Å². The summed E-state index contributed by atoms with van der Waals surface area (Å²) in [7, 11) is 0. The molecule has 0 saturated heterocycles. The summed E-state index contributed by atoms with van der Waals surface area (Å²) in [6, 6.07) is 23.4. The van der Waals surface area contributed by atoms with E-state index in [0.29, 0.717) is 57.4 Å². The summed E-state index contributed by atoms with van der Waals surface area (Å²) in [5, 5.41) is 39.3. The van der Waals surface area contributed by atoms with Crippen LogP contribution in [-0.2, 0) is 79.4 Å². The second-order valence-corrected chi connectivity index (χ2v) is 21.6. The maximum Gasteiger partial charge on any atom is 0.407 e. The quantitative estimate of drug-likeness (QED) is 0.0348. The van der Waals surface area contributed by atoms with E-state index in [1.807, 2.05) is 48.5 Å².